The largest absolute Gasteiger partial charge is 0.272 e. The molecule has 17 heavy (non-hydrogen) atoms. The molecule has 0 aromatic heterocycles. The molecule has 0 saturated carbocycles. The van der Waals surface area contributed by atoms with Gasteiger partial charge in [-0.1, -0.05) is 28.1 Å². The summed E-state index contributed by atoms with van der Waals surface area (Å²) in [6.45, 7) is 1.92. The highest BCUT2D eigenvalue weighted by Crippen LogP contribution is 2.25. The molecule has 0 N–H and O–H groups in total. The third-order valence-electron chi connectivity index (χ3n) is 3.02. The summed E-state index contributed by atoms with van der Waals surface area (Å²) in [5.41, 5.74) is 1.06. The van der Waals surface area contributed by atoms with E-state index in [9.17, 15) is 9.59 Å². The summed E-state index contributed by atoms with van der Waals surface area (Å²) < 4.78 is 0. The van der Waals surface area contributed by atoms with Gasteiger partial charge in [-0.05, 0) is 31.9 Å². The summed E-state index contributed by atoms with van der Waals surface area (Å²) in [5, 5.41) is 0.889. The van der Waals surface area contributed by atoms with Gasteiger partial charge in [0.15, 0.2) is 0 Å². The quantitative estimate of drug-likeness (QED) is 0.633. The highest BCUT2D eigenvalue weighted by molar-refractivity contribution is 9.09. The van der Waals surface area contributed by atoms with Gasteiger partial charge in [0.25, 0.3) is 11.8 Å². The lowest BCUT2D eigenvalue weighted by atomic mass is 10.1. The van der Waals surface area contributed by atoms with Crippen molar-refractivity contribution in [2.24, 2.45) is 0 Å². The minimum absolute atomic E-state index is 0.0417. The van der Waals surface area contributed by atoms with Crippen LogP contribution in [-0.4, -0.2) is 28.1 Å². The topological polar surface area (TPSA) is 37.4 Å². The highest BCUT2D eigenvalue weighted by atomic mass is 79.9. The smallest absolute Gasteiger partial charge is 0.261 e. The molecule has 3 nitrogen and oxygen atoms in total. The van der Waals surface area contributed by atoms with Crippen molar-refractivity contribution >= 4 is 27.7 Å². The second kappa shape index (κ2) is 5.00. The Hall–Kier alpha value is -1.16. The van der Waals surface area contributed by atoms with Crippen LogP contribution in [0.3, 0.4) is 0 Å². The maximum Gasteiger partial charge on any atom is 0.261 e. The Morgan fingerprint density at radius 3 is 2.18 bits per heavy atom. The Labute approximate surface area is 109 Å². The molecule has 0 aliphatic carbocycles. The predicted octanol–water partition coefficient (Wildman–Crippen LogP) is 2.85. The predicted molar refractivity (Wildman–Crippen MR) is 69.4 cm³/mol. The Kier molecular flexibility index (Phi) is 3.62. The normalized spacial score (nSPS) is 16.2. The zero-order chi connectivity index (χ0) is 12.4. The fourth-order valence-corrected chi connectivity index (χ4v) is 2.43. The molecule has 1 heterocycles. The van der Waals surface area contributed by atoms with Crippen molar-refractivity contribution in [3.8, 4) is 0 Å². The van der Waals surface area contributed by atoms with Crippen molar-refractivity contribution in [1.82, 2.24) is 4.90 Å². The van der Waals surface area contributed by atoms with Gasteiger partial charge < -0.3 is 0 Å². The van der Waals surface area contributed by atoms with Crippen molar-refractivity contribution in [3.05, 3.63) is 35.4 Å². The third-order valence-corrected chi connectivity index (χ3v) is 3.58. The molecule has 2 rings (SSSR count). The second-order valence-corrected chi connectivity index (χ2v) is 5.00. The van der Waals surface area contributed by atoms with E-state index < -0.39 is 0 Å². The van der Waals surface area contributed by atoms with Crippen molar-refractivity contribution < 1.29 is 9.59 Å². The van der Waals surface area contributed by atoms with Gasteiger partial charge in [-0.25, -0.2) is 0 Å². The van der Waals surface area contributed by atoms with Crippen LogP contribution in [0.25, 0.3) is 0 Å². The molecule has 0 radical (unpaired) electrons. The summed E-state index contributed by atoms with van der Waals surface area (Å²) in [6.07, 6.45) is 1.78. The lowest BCUT2D eigenvalue weighted by Gasteiger charge is -2.22. The number of hydrogen-bond donors (Lipinski definition) is 0. The summed E-state index contributed by atoms with van der Waals surface area (Å²) >= 11 is 3.36. The van der Waals surface area contributed by atoms with Crippen LogP contribution in [0.4, 0.5) is 0 Å². The van der Waals surface area contributed by atoms with E-state index in [1.807, 2.05) is 6.92 Å². The molecule has 1 atom stereocenters. The summed E-state index contributed by atoms with van der Waals surface area (Å²) in [6, 6.07) is 6.97. The Morgan fingerprint density at radius 1 is 1.18 bits per heavy atom. The Morgan fingerprint density at radius 2 is 1.71 bits per heavy atom. The lowest BCUT2D eigenvalue weighted by Crippen LogP contribution is -2.37. The molecular weight excluding hydrogens is 282 g/mol. The fourth-order valence-electron chi connectivity index (χ4n) is 2.11. The number of rotatable bonds is 4. The molecule has 1 aliphatic rings. The number of alkyl halides is 1. The number of hydrogen-bond acceptors (Lipinski definition) is 2. The van der Waals surface area contributed by atoms with Crippen LogP contribution in [-0.2, 0) is 0 Å². The molecule has 1 aliphatic heterocycles. The number of benzene rings is 1. The Balaban J connectivity index is 2.24. The SMILES string of the molecule is C[C@@H](CCCBr)N1C(=O)c2ccccc2C1=O. The molecule has 1 aromatic carbocycles. The van der Waals surface area contributed by atoms with E-state index in [1.165, 1.54) is 4.90 Å². The van der Waals surface area contributed by atoms with Gasteiger partial charge >= 0.3 is 0 Å². The van der Waals surface area contributed by atoms with E-state index in [1.54, 1.807) is 24.3 Å². The Bertz CT molecular complexity index is 423. The highest BCUT2D eigenvalue weighted by Gasteiger charge is 2.37. The fraction of sp³-hybridized carbons (Fsp3) is 0.385. The summed E-state index contributed by atoms with van der Waals surface area (Å²) in [4.78, 5) is 25.6. The number of halogens is 1. The van der Waals surface area contributed by atoms with Gasteiger partial charge in [-0.2, -0.15) is 0 Å². The number of carbonyl (C=O) groups is 2. The molecule has 1 aromatic rings. The maximum absolute atomic E-state index is 12.1. The standard InChI is InChI=1S/C13H14BrNO2/c1-9(5-4-8-14)15-12(16)10-6-2-3-7-11(10)13(15)17/h2-3,6-7,9H,4-5,8H2,1H3/t9-/m0/s1. The van der Waals surface area contributed by atoms with Crippen LogP contribution >= 0.6 is 15.9 Å². The summed E-state index contributed by atoms with van der Waals surface area (Å²) in [5.74, 6) is -0.319. The number of fused-ring (bicyclic) bond motifs is 1. The van der Waals surface area contributed by atoms with E-state index in [-0.39, 0.29) is 17.9 Å². The van der Waals surface area contributed by atoms with Gasteiger partial charge in [-0.15, -0.1) is 0 Å². The van der Waals surface area contributed by atoms with Crippen molar-refractivity contribution in [2.75, 3.05) is 5.33 Å². The van der Waals surface area contributed by atoms with Crippen molar-refractivity contribution in [2.45, 2.75) is 25.8 Å². The van der Waals surface area contributed by atoms with Crippen molar-refractivity contribution in [1.29, 1.82) is 0 Å². The zero-order valence-electron chi connectivity index (χ0n) is 9.65. The molecule has 2 amide bonds. The third kappa shape index (κ3) is 2.14. The van der Waals surface area contributed by atoms with E-state index in [4.69, 9.17) is 0 Å². The van der Waals surface area contributed by atoms with Crippen LogP contribution in [0.2, 0.25) is 0 Å². The van der Waals surface area contributed by atoms with Crippen LogP contribution < -0.4 is 0 Å². The molecule has 0 unspecified atom stereocenters. The lowest BCUT2D eigenvalue weighted by molar-refractivity contribution is 0.0590. The van der Waals surface area contributed by atoms with Gasteiger partial charge in [0.2, 0.25) is 0 Å². The van der Waals surface area contributed by atoms with E-state index in [0.29, 0.717) is 11.1 Å². The molecule has 0 saturated heterocycles. The monoisotopic (exact) mass is 295 g/mol. The first-order valence-electron chi connectivity index (χ1n) is 5.69. The number of nitrogens with zero attached hydrogens (tertiary/aromatic N) is 1. The van der Waals surface area contributed by atoms with Gasteiger partial charge in [0.1, 0.15) is 0 Å². The minimum atomic E-state index is -0.160. The first kappa shape index (κ1) is 12.3. The van der Waals surface area contributed by atoms with Crippen LogP contribution in [0.1, 0.15) is 40.5 Å². The minimum Gasteiger partial charge on any atom is -0.272 e. The van der Waals surface area contributed by atoms with Crippen molar-refractivity contribution in [3.63, 3.8) is 0 Å². The van der Waals surface area contributed by atoms with Gasteiger partial charge in [0.05, 0.1) is 11.1 Å². The average molecular weight is 296 g/mol. The van der Waals surface area contributed by atoms with Gasteiger partial charge in [-0.3, -0.25) is 14.5 Å². The molecule has 0 spiro atoms. The zero-order valence-corrected chi connectivity index (χ0v) is 11.2. The van der Waals surface area contributed by atoms with E-state index in [2.05, 4.69) is 15.9 Å². The molecule has 0 fully saturated rings. The molecular formula is C13H14BrNO2. The van der Waals surface area contributed by atoms with E-state index in [0.717, 1.165) is 18.2 Å². The average Bonchev–Trinajstić information content (AvgIpc) is 2.60. The molecule has 90 valence electrons. The van der Waals surface area contributed by atoms with Gasteiger partial charge in [0, 0.05) is 11.4 Å². The van der Waals surface area contributed by atoms with E-state index >= 15 is 0 Å². The molecule has 4 heteroatoms. The summed E-state index contributed by atoms with van der Waals surface area (Å²) in [7, 11) is 0. The van der Waals surface area contributed by atoms with Crippen LogP contribution in [0.15, 0.2) is 24.3 Å². The maximum atomic E-state index is 12.1. The first-order chi connectivity index (χ1) is 8.16. The van der Waals surface area contributed by atoms with Crippen LogP contribution in [0.5, 0.6) is 0 Å². The van der Waals surface area contributed by atoms with Crippen LogP contribution in [0, 0.1) is 0 Å². The first-order valence-corrected chi connectivity index (χ1v) is 6.82. The molecule has 0 bridgehead atoms. The number of imide groups is 1. The number of carbonyl (C=O) groups excluding carboxylic acids is 2. The number of amides is 2. The second-order valence-electron chi connectivity index (χ2n) is 4.21.